The van der Waals surface area contributed by atoms with E-state index in [-0.39, 0.29) is 11.5 Å². The van der Waals surface area contributed by atoms with Crippen LogP contribution in [0, 0.1) is 15.9 Å². The number of halogens is 1. The summed E-state index contributed by atoms with van der Waals surface area (Å²) in [5.74, 6) is -0.388. The molecule has 0 aliphatic heterocycles. The minimum atomic E-state index is -0.500. The van der Waals surface area contributed by atoms with E-state index in [1.165, 1.54) is 19.1 Å². The van der Waals surface area contributed by atoms with Gasteiger partial charge in [-0.05, 0) is 12.1 Å². The van der Waals surface area contributed by atoms with Crippen LogP contribution >= 0.6 is 0 Å². The third kappa shape index (κ3) is 1.67. The zero-order chi connectivity index (χ0) is 11.7. The van der Waals surface area contributed by atoms with Gasteiger partial charge in [0.1, 0.15) is 5.82 Å². The first-order valence-corrected chi connectivity index (χ1v) is 4.68. The third-order valence-corrected chi connectivity index (χ3v) is 2.34. The van der Waals surface area contributed by atoms with Crippen molar-refractivity contribution in [1.82, 2.24) is 4.98 Å². The average molecular weight is 220 g/mol. The van der Waals surface area contributed by atoms with Crippen molar-refractivity contribution >= 4 is 17.0 Å². The van der Waals surface area contributed by atoms with Crippen LogP contribution in [0.3, 0.4) is 0 Å². The smallest absolute Gasteiger partial charge is 0.243 e. The molecule has 1 N–H and O–H groups in total. The Hall–Kier alpha value is -2.17. The Morgan fingerprint density at radius 3 is 3.00 bits per heavy atom. The molecule has 0 aliphatic carbocycles. The molecule has 5 heteroatoms. The van der Waals surface area contributed by atoms with Crippen molar-refractivity contribution in [2.45, 2.75) is 6.92 Å². The Kier molecular flexibility index (Phi) is 2.44. The van der Waals surface area contributed by atoms with Crippen LogP contribution in [0.1, 0.15) is 12.5 Å². The molecule has 1 heterocycles. The normalized spacial score (nSPS) is 12.0. The lowest BCUT2D eigenvalue weighted by atomic mass is 10.1. The van der Waals surface area contributed by atoms with Crippen LogP contribution in [0.5, 0.6) is 0 Å². The van der Waals surface area contributed by atoms with Crippen LogP contribution in [0.15, 0.2) is 30.1 Å². The molecule has 0 spiro atoms. The molecule has 82 valence electrons. The van der Waals surface area contributed by atoms with E-state index in [9.17, 15) is 14.5 Å². The van der Waals surface area contributed by atoms with Crippen LogP contribution in [0.4, 0.5) is 4.39 Å². The van der Waals surface area contributed by atoms with Gasteiger partial charge in [0, 0.05) is 35.7 Å². The third-order valence-electron chi connectivity index (χ3n) is 2.34. The fourth-order valence-electron chi connectivity index (χ4n) is 1.56. The van der Waals surface area contributed by atoms with Crippen LogP contribution in [-0.2, 0) is 0 Å². The molecule has 2 rings (SSSR count). The summed E-state index contributed by atoms with van der Waals surface area (Å²) < 4.78 is 13.5. The maximum atomic E-state index is 13.5. The number of nitro groups is 1. The number of allylic oxidation sites excluding steroid dienone is 1. The molecule has 1 aromatic heterocycles. The minimum absolute atomic E-state index is 0.0239. The fraction of sp³-hybridized carbons (Fsp3) is 0.0909. The number of hydrogen-bond acceptors (Lipinski definition) is 2. The lowest BCUT2D eigenvalue weighted by molar-refractivity contribution is -0.422. The van der Waals surface area contributed by atoms with Crippen LogP contribution in [0.2, 0.25) is 0 Å². The molecule has 1 aromatic carbocycles. The van der Waals surface area contributed by atoms with E-state index in [1.807, 2.05) is 0 Å². The number of fused-ring (bicyclic) bond motifs is 1. The Morgan fingerprint density at radius 1 is 1.56 bits per heavy atom. The van der Waals surface area contributed by atoms with Gasteiger partial charge >= 0.3 is 0 Å². The predicted octanol–water partition coefficient (Wildman–Crippen LogP) is 2.94. The summed E-state index contributed by atoms with van der Waals surface area (Å²) in [6.07, 6.45) is 2.91. The van der Waals surface area contributed by atoms with Crippen molar-refractivity contribution in [2.24, 2.45) is 0 Å². The topological polar surface area (TPSA) is 58.9 Å². The van der Waals surface area contributed by atoms with Gasteiger partial charge in [0.05, 0.1) is 4.92 Å². The summed E-state index contributed by atoms with van der Waals surface area (Å²) in [5.41, 5.74) is 1.09. The number of hydrogen-bond donors (Lipinski definition) is 1. The molecule has 0 radical (unpaired) electrons. The van der Waals surface area contributed by atoms with Gasteiger partial charge in [-0.1, -0.05) is 6.07 Å². The summed E-state index contributed by atoms with van der Waals surface area (Å²) in [5, 5.41) is 10.9. The first kappa shape index (κ1) is 10.4. The van der Waals surface area contributed by atoms with E-state index in [1.54, 1.807) is 18.3 Å². The lowest BCUT2D eigenvalue weighted by Crippen LogP contribution is -1.92. The highest BCUT2D eigenvalue weighted by Gasteiger charge is 2.09. The van der Waals surface area contributed by atoms with Gasteiger partial charge in [0.2, 0.25) is 5.70 Å². The molecule has 0 aliphatic rings. The van der Waals surface area contributed by atoms with Crippen molar-refractivity contribution in [1.29, 1.82) is 0 Å². The van der Waals surface area contributed by atoms with E-state index < -0.39 is 4.92 Å². The van der Waals surface area contributed by atoms with Crippen LogP contribution in [0.25, 0.3) is 17.0 Å². The highest BCUT2D eigenvalue weighted by molar-refractivity contribution is 5.89. The number of benzene rings is 1. The maximum absolute atomic E-state index is 13.5. The van der Waals surface area contributed by atoms with Gasteiger partial charge in [-0.3, -0.25) is 10.1 Å². The number of aromatic amines is 1. The molecule has 16 heavy (non-hydrogen) atoms. The number of rotatable bonds is 2. The molecular formula is C11H9FN2O2. The van der Waals surface area contributed by atoms with E-state index >= 15 is 0 Å². The average Bonchev–Trinajstić information content (AvgIpc) is 2.63. The Balaban J connectivity index is 2.62. The highest BCUT2D eigenvalue weighted by Crippen LogP contribution is 2.23. The van der Waals surface area contributed by atoms with Crippen molar-refractivity contribution in [3.05, 3.63) is 51.6 Å². The molecule has 0 unspecified atom stereocenters. The summed E-state index contributed by atoms with van der Waals surface area (Å²) >= 11 is 0. The zero-order valence-corrected chi connectivity index (χ0v) is 8.53. The van der Waals surface area contributed by atoms with Crippen molar-refractivity contribution in [3.63, 3.8) is 0 Å². The standard InChI is InChI=1S/C11H9FN2O2/c1-7(14(15)16)5-8-6-13-10-4-2-3-9(12)11(8)10/h2-6,13H,1H3/b7-5+. The first-order chi connectivity index (χ1) is 7.59. The predicted molar refractivity (Wildman–Crippen MR) is 58.9 cm³/mol. The van der Waals surface area contributed by atoms with Crippen molar-refractivity contribution in [3.8, 4) is 0 Å². The summed E-state index contributed by atoms with van der Waals surface area (Å²) in [7, 11) is 0. The van der Waals surface area contributed by atoms with Crippen LogP contribution < -0.4 is 0 Å². The second kappa shape index (κ2) is 3.77. The van der Waals surface area contributed by atoms with Gasteiger partial charge in [0.15, 0.2) is 0 Å². The second-order valence-corrected chi connectivity index (χ2v) is 3.45. The van der Waals surface area contributed by atoms with Crippen molar-refractivity contribution in [2.75, 3.05) is 0 Å². The number of aromatic nitrogens is 1. The number of nitrogens with zero attached hydrogens (tertiary/aromatic N) is 1. The van der Waals surface area contributed by atoms with E-state index in [0.29, 0.717) is 16.5 Å². The Morgan fingerprint density at radius 2 is 2.31 bits per heavy atom. The van der Waals surface area contributed by atoms with Crippen molar-refractivity contribution < 1.29 is 9.31 Å². The van der Waals surface area contributed by atoms with E-state index in [0.717, 1.165) is 0 Å². The molecular weight excluding hydrogens is 211 g/mol. The number of H-pyrrole nitrogens is 1. The molecule has 0 fully saturated rings. The molecule has 0 atom stereocenters. The van der Waals surface area contributed by atoms with Gasteiger partial charge in [0.25, 0.3) is 0 Å². The summed E-state index contributed by atoms with van der Waals surface area (Å²) in [6.45, 7) is 1.37. The maximum Gasteiger partial charge on any atom is 0.243 e. The fourth-order valence-corrected chi connectivity index (χ4v) is 1.56. The molecule has 0 bridgehead atoms. The Labute approximate surface area is 90.5 Å². The quantitative estimate of drug-likeness (QED) is 0.624. The monoisotopic (exact) mass is 220 g/mol. The van der Waals surface area contributed by atoms with Gasteiger partial charge < -0.3 is 4.98 Å². The molecule has 4 nitrogen and oxygen atoms in total. The summed E-state index contributed by atoms with van der Waals surface area (Å²) in [4.78, 5) is 12.8. The number of nitrogens with one attached hydrogen (secondary N) is 1. The van der Waals surface area contributed by atoms with Gasteiger partial charge in [-0.25, -0.2) is 4.39 Å². The molecule has 0 amide bonds. The minimum Gasteiger partial charge on any atom is -0.360 e. The second-order valence-electron chi connectivity index (χ2n) is 3.45. The molecule has 0 saturated carbocycles. The van der Waals surface area contributed by atoms with Gasteiger partial charge in [-0.2, -0.15) is 0 Å². The van der Waals surface area contributed by atoms with E-state index in [2.05, 4.69) is 4.98 Å². The van der Waals surface area contributed by atoms with Gasteiger partial charge in [-0.15, -0.1) is 0 Å². The lowest BCUT2D eigenvalue weighted by Gasteiger charge is -1.94. The zero-order valence-electron chi connectivity index (χ0n) is 8.53. The summed E-state index contributed by atoms with van der Waals surface area (Å²) in [6, 6.07) is 4.63. The highest BCUT2D eigenvalue weighted by atomic mass is 19.1. The van der Waals surface area contributed by atoms with E-state index in [4.69, 9.17) is 0 Å². The largest absolute Gasteiger partial charge is 0.360 e. The Bertz CT molecular complexity index is 587. The molecule has 0 saturated heterocycles. The molecule has 2 aromatic rings. The van der Waals surface area contributed by atoms with Crippen LogP contribution in [-0.4, -0.2) is 9.91 Å². The first-order valence-electron chi connectivity index (χ1n) is 4.68. The SMILES string of the molecule is C/C(=C\c1c[nH]c2cccc(F)c12)[N+](=O)[O-].